The maximum absolute atomic E-state index is 12.4. The number of nitrogens with zero attached hydrogens (tertiary/aromatic N) is 1. The van der Waals surface area contributed by atoms with Gasteiger partial charge in [0.05, 0.1) is 11.5 Å². The molecule has 1 amide bonds. The lowest BCUT2D eigenvalue weighted by atomic mass is 9.99. The van der Waals surface area contributed by atoms with Crippen LogP contribution in [0.4, 0.5) is 0 Å². The molecule has 19 heavy (non-hydrogen) atoms. The minimum Gasteiger partial charge on any atom is -0.481 e. The average molecular weight is 394 g/mol. The summed E-state index contributed by atoms with van der Waals surface area (Å²) in [5, 5.41) is 9.60. The molecule has 0 bridgehead atoms. The summed E-state index contributed by atoms with van der Waals surface area (Å²) in [4.78, 5) is 25.1. The summed E-state index contributed by atoms with van der Waals surface area (Å²) in [6.07, 6.45) is 0. The van der Waals surface area contributed by atoms with E-state index in [9.17, 15) is 9.59 Å². The molecule has 0 radical (unpaired) electrons. The molecule has 1 fully saturated rings. The fourth-order valence-corrected chi connectivity index (χ4v) is 3.02. The van der Waals surface area contributed by atoms with Gasteiger partial charge in [-0.2, -0.15) is 0 Å². The van der Waals surface area contributed by atoms with Gasteiger partial charge < -0.3 is 10.0 Å². The van der Waals surface area contributed by atoms with Crippen molar-refractivity contribution in [1.29, 1.82) is 0 Å². The van der Waals surface area contributed by atoms with Crippen LogP contribution in [0.25, 0.3) is 0 Å². The van der Waals surface area contributed by atoms with Crippen molar-refractivity contribution in [1.82, 2.24) is 4.90 Å². The van der Waals surface area contributed by atoms with Gasteiger partial charge in [-0.1, -0.05) is 18.5 Å². The minimum atomic E-state index is -0.844. The van der Waals surface area contributed by atoms with Gasteiger partial charge in [0.1, 0.15) is 0 Å². The summed E-state index contributed by atoms with van der Waals surface area (Å²) >= 11 is 7.99. The van der Waals surface area contributed by atoms with Crippen LogP contribution in [0.15, 0.2) is 18.2 Å². The van der Waals surface area contributed by atoms with Crippen LogP contribution >= 0.6 is 34.2 Å². The smallest absolute Gasteiger partial charge is 0.308 e. The maximum Gasteiger partial charge on any atom is 0.308 e. The predicted molar refractivity (Wildman–Crippen MR) is 80.4 cm³/mol. The lowest BCUT2D eigenvalue weighted by Gasteiger charge is -2.17. The number of rotatable bonds is 2. The summed E-state index contributed by atoms with van der Waals surface area (Å²) < 4.78 is 0.818. The van der Waals surface area contributed by atoms with Crippen molar-refractivity contribution in [3.05, 3.63) is 32.4 Å². The molecule has 0 aromatic heterocycles. The Morgan fingerprint density at radius 3 is 2.68 bits per heavy atom. The van der Waals surface area contributed by atoms with Crippen LogP contribution < -0.4 is 0 Å². The zero-order valence-electron chi connectivity index (χ0n) is 10.3. The molecule has 1 saturated heterocycles. The third-order valence-electron chi connectivity index (χ3n) is 3.38. The third kappa shape index (κ3) is 3.02. The Morgan fingerprint density at radius 1 is 1.42 bits per heavy atom. The second kappa shape index (κ2) is 5.66. The second-order valence-electron chi connectivity index (χ2n) is 4.76. The van der Waals surface area contributed by atoms with Crippen LogP contribution in [-0.4, -0.2) is 35.0 Å². The number of hydrogen-bond acceptors (Lipinski definition) is 2. The number of halogens is 2. The van der Waals surface area contributed by atoms with Gasteiger partial charge in [-0.05, 0) is 46.7 Å². The van der Waals surface area contributed by atoms with Crippen LogP contribution in [0.3, 0.4) is 0 Å². The number of carbonyl (C=O) groups is 2. The highest BCUT2D eigenvalue weighted by atomic mass is 127. The second-order valence-corrected chi connectivity index (χ2v) is 6.35. The van der Waals surface area contributed by atoms with E-state index in [4.69, 9.17) is 16.7 Å². The molecule has 0 spiro atoms. The number of carbonyl (C=O) groups excluding carboxylic acids is 1. The average Bonchev–Trinajstić information content (AvgIpc) is 2.74. The van der Waals surface area contributed by atoms with Gasteiger partial charge in [-0.3, -0.25) is 9.59 Å². The monoisotopic (exact) mass is 393 g/mol. The molecule has 1 aromatic carbocycles. The summed E-state index contributed by atoms with van der Waals surface area (Å²) in [6.45, 7) is 2.59. The number of amides is 1. The van der Waals surface area contributed by atoms with E-state index in [1.165, 1.54) is 0 Å². The van der Waals surface area contributed by atoms with Gasteiger partial charge >= 0.3 is 5.97 Å². The Kier molecular flexibility index (Phi) is 4.35. The number of aliphatic carboxylic acids is 1. The Hall–Kier alpha value is -0.820. The van der Waals surface area contributed by atoms with Crippen molar-refractivity contribution >= 4 is 46.1 Å². The zero-order valence-corrected chi connectivity index (χ0v) is 13.2. The van der Waals surface area contributed by atoms with Crippen LogP contribution in [0.1, 0.15) is 17.3 Å². The Balaban J connectivity index is 2.22. The molecule has 2 rings (SSSR count). The van der Waals surface area contributed by atoms with Crippen molar-refractivity contribution in [2.24, 2.45) is 11.8 Å². The van der Waals surface area contributed by atoms with Crippen LogP contribution in [0.2, 0.25) is 5.02 Å². The predicted octanol–water partition coefficient (Wildman–Crippen LogP) is 2.74. The highest BCUT2D eigenvalue weighted by Gasteiger charge is 2.37. The van der Waals surface area contributed by atoms with Crippen LogP contribution in [0.5, 0.6) is 0 Å². The van der Waals surface area contributed by atoms with Crippen LogP contribution in [0, 0.1) is 15.4 Å². The van der Waals surface area contributed by atoms with Gasteiger partial charge in [0.2, 0.25) is 0 Å². The van der Waals surface area contributed by atoms with E-state index < -0.39 is 11.9 Å². The van der Waals surface area contributed by atoms with E-state index in [1.807, 2.05) is 6.92 Å². The summed E-state index contributed by atoms with van der Waals surface area (Å²) in [7, 11) is 0. The molecule has 2 atom stereocenters. The lowest BCUT2D eigenvalue weighted by Crippen LogP contribution is -2.30. The minimum absolute atomic E-state index is 0.0294. The van der Waals surface area contributed by atoms with Crippen molar-refractivity contribution in [2.75, 3.05) is 13.1 Å². The summed E-state index contributed by atoms with van der Waals surface area (Å²) in [5.74, 6) is -1.51. The zero-order chi connectivity index (χ0) is 14.2. The Bertz CT molecular complexity index is 535. The number of carboxylic acid groups (broad SMARTS) is 1. The molecular formula is C13H13ClINO3. The molecular weight excluding hydrogens is 381 g/mol. The fraction of sp³-hybridized carbons (Fsp3) is 0.385. The van der Waals surface area contributed by atoms with Crippen LogP contribution in [-0.2, 0) is 4.79 Å². The van der Waals surface area contributed by atoms with E-state index in [0.717, 1.165) is 3.57 Å². The van der Waals surface area contributed by atoms with Crippen molar-refractivity contribution in [3.63, 3.8) is 0 Å². The molecule has 1 heterocycles. The highest BCUT2D eigenvalue weighted by molar-refractivity contribution is 14.1. The maximum atomic E-state index is 12.4. The van der Waals surface area contributed by atoms with Crippen molar-refractivity contribution in [3.8, 4) is 0 Å². The quantitative estimate of drug-likeness (QED) is 0.786. The first-order valence-corrected chi connectivity index (χ1v) is 7.33. The first-order valence-electron chi connectivity index (χ1n) is 5.87. The van der Waals surface area contributed by atoms with E-state index in [1.54, 1.807) is 23.1 Å². The van der Waals surface area contributed by atoms with E-state index in [0.29, 0.717) is 17.1 Å². The molecule has 4 nitrogen and oxygen atoms in total. The topological polar surface area (TPSA) is 57.6 Å². The van der Waals surface area contributed by atoms with Gasteiger partial charge in [0, 0.05) is 21.7 Å². The van der Waals surface area contributed by atoms with Crippen molar-refractivity contribution in [2.45, 2.75) is 6.92 Å². The molecule has 1 aromatic rings. The molecule has 0 saturated carbocycles. The SMILES string of the molecule is CC1CN(C(=O)c2cc(Cl)ccc2I)CC1C(=O)O. The molecule has 1 N–H and O–H groups in total. The Morgan fingerprint density at radius 2 is 2.11 bits per heavy atom. The lowest BCUT2D eigenvalue weighted by molar-refractivity contribution is -0.142. The van der Waals surface area contributed by atoms with Gasteiger partial charge in [-0.25, -0.2) is 0 Å². The molecule has 2 unspecified atom stereocenters. The van der Waals surface area contributed by atoms with Gasteiger partial charge in [-0.15, -0.1) is 0 Å². The molecule has 1 aliphatic heterocycles. The van der Waals surface area contributed by atoms with E-state index in [-0.39, 0.29) is 18.4 Å². The van der Waals surface area contributed by atoms with E-state index in [2.05, 4.69) is 22.6 Å². The Labute approximate surface area is 129 Å². The van der Waals surface area contributed by atoms with Gasteiger partial charge in [0.25, 0.3) is 5.91 Å². The molecule has 102 valence electrons. The van der Waals surface area contributed by atoms with E-state index >= 15 is 0 Å². The number of hydrogen-bond donors (Lipinski definition) is 1. The normalized spacial score (nSPS) is 22.6. The number of likely N-dealkylation sites (tertiary alicyclic amines) is 1. The van der Waals surface area contributed by atoms with Crippen molar-refractivity contribution < 1.29 is 14.7 Å². The summed E-state index contributed by atoms with van der Waals surface area (Å²) in [6, 6.07) is 5.14. The fourth-order valence-electron chi connectivity index (χ4n) is 2.29. The molecule has 6 heteroatoms. The first kappa shape index (κ1) is 14.6. The standard InChI is InChI=1S/C13H13ClINO3/c1-7-5-16(6-10(7)13(18)19)12(17)9-4-8(14)2-3-11(9)15/h2-4,7,10H,5-6H2,1H3,(H,18,19). The first-order chi connectivity index (χ1) is 8.90. The largest absolute Gasteiger partial charge is 0.481 e. The third-order valence-corrected chi connectivity index (χ3v) is 4.55. The number of carboxylic acids is 1. The van der Waals surface area contributed by atoms with Gasteiger partial charge in [0.15, 0.2) is 0 Å². The highest BCUT2D eigenvalue weighted by Crippen LogP contribution is 2.27. The molecule has 0 aliphatic carbocycles. The summed E-state index contributed by atoms with van der Waals surface area (Å²) in [5.41, 5.74) is 0.534. The molecule has 1 aliphatic rings. The number of benzene rings is 1.